The lowest BCUT2D eigenvalue weighted by Gasteiger charge is -2.46. The Kier molecular flexibility index (Phi) is 4.84. The summed E-state index contributed by atoms with van der Waals surface area (Å²) in [6, 6.07) is 0. The maximum atomic E-state index is 5.85. The Balaban J connectivity index is 1.54. The second kappa shape index (κ2) is 6.61. The highest BCUT2D eigenvalue weighted by Crippen LogP contribution is 2.46. The Morgan fingerprint density at radius 3 is 2.11 bits per heavy atom. The first kappa shape index (κ1) is 13.9. The number of hydrogen-bond donors (Lipinski definition) is 0. The largest absolute Gasteiger partial charge is 0.378 e. The van der Waals surface area contributed by atoms with E-state index in [2.05, 4.69) is 6.92 Å². The molecule has 1 heteroatoms. The molecular formula is C18H32O. The Bertz CT molecular complexity index is 263. The Morgan fingerprint density at radius 2 is 1.53 bits per heavy atom. The molecule has 0 spiro atoms. The van der Waals surface area contributed by atoms with Crippen LogP contribution in [0.3, 0.4) is 0 Å². The lowest BCUT2D eigenvalue weighted by Crippen LogP contribution is -2.42. The van der Waals surface area contributed by atoms with Gasteiger partial charge in [-0.15, -0.1) is 0 Å². The fraction of sp³-hybridized carbons (Fsp3) is 1.00. The highest BCUT2D eigenvalue weighted by molar-refractivity contribution is 4.89. The van der Waals surface area contributed by atoms with Crippen LogP contribution < -0.4 is 0 Å². The minimum Gasteiger partial charge on any atom is -0.378 e. The van der Waals surface area contributed by atoms with Gasteiger partial charge in [-0.1, -0.05) is 45.4 Å². The van der Waals surface area contributed by atoms with Crippen molar-refractivity contribution in [3.8, 4) is 0 Å². The molecule has 0 radical (unpaired) electrons. The van der Waals surface area contributed by atoms with E-state index in [4.69, 9.17) is 4.74 Å². The molecule has 0 N–H and O–H groups in total. The van der Waals surface area contributed by atoms with Crippen LogP contribution in [0.1, 0.15) is 77.6 Å². The van der Waals surface area contributed by atoms with Gasteiger partial charge < -0.3 is 4.74 Å². The van der Waals surface area contributed by atoms with Gasteiger partial charge in [0.1, 0.15) is 0 Å². The first-order valence-electron chi connectivity index (χ1n) is 9.00. The summed E-state index contributed by atoms with van der Waals surface area (Å²) in [5.41, 5.74) is 0. The van der Waals surface area contributed by atoms with Crippen LogP contribution in [0.2, 0.25) is 0 Å². The van der Waals surface area contributed by atoms with Crippen LogP contribution in [-0.2, 0) is 4.74 Å². The molecular weight excluding hydrogens is 232 g/mol. The van der Waals surface area contributed by atoms with E-state index < -0.39 is 0 Å². The number of ether oxygens (including phenoxy) is 1. The summed E-state index contributed by atoms with van der Waals surface area (Å²) < 4.78 is 5.85. The topological polar surface area (TPSA) is 9.23 Å². The minimum absolute atomic E-state index is 0.652. The van der Waals surface area contributed by atoms with Crippen molar-refractivity contribution in [2.24, 2.45) is 23.7 Å². The summed E-state index contributed by atoms with van der Waals surface area (Å²) in [7, 11) is 0. The van der Waals surface area contributed by atoms with Crippen molar-refractivity contribution in [2.45, 2.75) is 83.7 Å². The second-order valence-corrected chi connectivity index (χ2v) is 7.38. The van der Waals surface area contributed by atoms with E-state index in [0.717, 1.165) is 30.3 Å². The molecule has 1 unspecified atom stereocenters. The van der Waals surface area contributed by atoms with Crippen molar-refractivity contribution in [1.29, 1.82) is 0 Å². The van der Waals surface area contributed by atoms with E-state index in [1.54, 1.807) is 0 Å². The maximum absolute atomic E-state index is 5.85. The van der Waals surface area contributed by atoms with E-state index in [1.165, 1.54) is 70.6 Å². The Labute approximate surface area is 119 Å². The Hall–Kier alpha value is -0.0400. The first-order chi connectivity index (χ1) is 9.38. The van der Waals surface area contributed by atoms with Gasteiger partial charge in [-0.3, -0.25) is 0 Å². The fourth-order valence-electron chi connectivity index (χ4n) is 5.14. The normalized spacial score (nSPS) is 43.7. The molecule has 1 aliphatic heterocycles. The standard InChI is InChI=1S/C18H32O/c1-2-5-14-8-10-15(11-9-14)16-6-3-4-7-17(16)18-12-13-19-18/h14-18H,2-13H2,1H3/t14?,15?,16-,17+,18?/m0/s1. The summed E-state index contributed by atoms with van der Waals surface area (Å²) in [6.07, 6.45) is 16.9. The van der Waals surface area contributed by atoms with Crippen LogP contribution in [0.25, 0.3) is 0 Å². The SMILES string of the molecule is CCCC1CCC([C@@H]2CCCC[C@H]2C2CCO2)CC1. The molecule has 0 aromatic carbocycles. The molecule has 1 nitrogen and oxygen atoms in total. The van der Waals surface area contributed by atoms with Gasteiger partial charge in [0.15, 0.2) is 0 Å². The summed E-state index contributed by atoms with van der Waals surface area (Å²) in [4.78, 5) is 0. The van der Waals surface area contributed by atoms with Crippen molar-refractivity contribution in [3.05, 3.63) is 0 Å². The number of hydrogen-bond acceptors (Lipinski definition) is 1. The molecule has 0 amide bonds. The van der Waals surface area contributed by atoms with Crippen LogP contribution >= 0.6 is 0 Å². The van der Waals surface area contributed by atoms with E-state index >= 15 is 0 Å². The van der Waals surface area contributed by atoms with Gasteiger partial charge in [-0.25, -0.2) is 0 Å². The van der Waals surface area contributed by atoms with E-state index in [-0.39, 0.29) is 0 Å². The zero-order valence-electron chi connectivity index (χ0n) is 12.8. The molecule has 3 fully saturated rings. The highest BCUT2D eigenvalue weighted by atomic mass is 16.5. The maximum Gasteiger partial charge on any atom is 0.0627 e. The first-order valence-corrected chi connectivity index (χ1v) is 9.00. The van der Waals surface area contributed by atoms with E-state index in [1.807, 2.05) is 0 Å². The van der Waals surface area contributed by atoms with Gasteiger partial charge in [0.05, 0.1) is 6.10 Å². The zero-order chi connectivity index (χ0) is 13.1. The summed E-state index contributed by atoms with van der Waals surface area (Å²) in [5, 5.41) is 0. The van der Waals surface area contributed by atoms with Crippen LogP contribution in [0.4, 0.5) is 0 Å². The third kappa shape index (κ3) is 3.17. The van der Waals surface area contributed by atoms with Gasteiger partial charge in [0.25, 0.3) is 0 Å². The lowest BCUT2D eigenvalue weighted by molar-refractivity contribution is -0.116. The van der Waals surface area contributed by atoms with Crippen LogP contribution in [0.15, 0.2) is 0 Å². The predicted octanol–water partition coefficient (Wildman–Crippen LogP) is 5.19. The quantitative estimate of drug-likeness (QED) is 0.679. The monoisotopic (exact) mass is 264 g/mol. The van der Waals surface area contributed by atoms with E-state index in [9.17, 15) is 0 Å². The zero-order valence-corrected chi connectivity index (χ0v) is 12.8. The average molecular weight is 264 g/mol. The Morgan fingerprint density at radius 1 is 0.842 bits per heavy atom. The summed E-state index contributed by atoms with van der Waals surface area (Å²) in [6.45, 7) is 3.38. The van der Waals surface area contributed by atoms with Gasteiger partial charge in [-0.2, -0.15) is 0 Å². The molecule has 19 heavy (non-hydrogen) atoms. The highest BCUT2D eigenvalue weighted by Gasteiger charge is 2.40. The smallest absolute Gasteiger partial charge is 0.0627 e. The molecule has 2 aliphatic carbocycles. The molecule has 3 rings (SSSR count). The third-order valence-electron chi connectivity index (χ3n) is 6.28. The molecule has 1 heterocycles. The predicted molar refractivity (Wildman–Crippen MR) is 80.2 cm³/mol. The van der Waals surface area contributed by atoms with Crippen molar-refractivity contribution in [3.63, 3.8) is 0 Å². The third-order valence-corrected chi connectivity index (χ3v) is 6.28. The van der Waals surface area contributed by atoms with Crippen molar-refractivity contribution in [1.82, 2.24) is 0 Å². The van der Waals surface area contributed by atoms with Crippen LogP contribution in [-0.4, -0.2) is 12.7 Å². The number of rotatable bonds is 4. The second-order valence-electron chi connectivity index (χ2n) is 7.38. The van der Waals surface area contributed by atoms with Gasteiger partial charge in [0.2, 0.25) is 0 Å². The van der Waals surface area contributed by atoms with Crippen LogP contribution in [0.5, 0.6) is 0 Å². The molecule has 0 aromatic heterocycles. The summed E-state index contributed by atoms with van der Waals surface area (Å²) >= 11 is 0. The van der Waals surface area contributed by atoms with E-state index in [0.29, 0.717) is 6.10 Å². The fourth-order valence-corrected chi connectivity index (χ4v) is 5.14. The van der Waals surface area contributed by atoms with Gasteiger partial charge >= 0.3 is 0 Å². The molecule has 3 atom stereocenters. The molecule has 110 valence electrons. The van der Waals surface area contributed by atoms with Crippen molar-refractivity contribution < 1.29 is 4.74 Å². The molecule has 0 aromatic rings. The van der Waals surface area contributed by atoms with Crippen LogP contribution in [0, 0.1) is 23.7 Å². The van der Waals surface area contributed by atoms with Crippen molar-refractivity contribution in [2.75, 3.05) is 6.61 Å². The molecule has 0 bridgehead atoms. The lowest BCUT2D eigenvalue weighted by atomic mass is 9.64. The molecule has 3 aliphatic rings. The van der Waals surface area contributed by atoms with Crippen molar-refractivity contribution >= 4 is 0 Å². The minimum atomic E-state index is 0.652. The van der Waals surface area contributed by atoms with Gasteiger partial charge in [0, 0.05) is 6.61 Å². The summed E-state index contributed by atoms with van der Waals surface area (Å²) in [5.74, 6) is 4.04. The molecule has 2 saturated carbocycles. The average Bonchev–Trinajstić information content (AvgIpc) is 2.39. The van der Waals surface area contributed by atoms with Gasteiger partial charge in [-0.05, 0) is 55.8 Å². The molecule has 1 saturated heterocycles.